The number of aromatic carboxylic acids is 1. The molecule has 14 heavy (non-hydrogen) atoms. The maximum Gasteiger partial charge on any atom is 0.358 e. The number of aryl methyl sites for hydroxylation is 1. The van der Waals surface area contributed by atoms with Crippen LogP contribution in [0.3, 0.4) is 0 Å². The summed E-state index contributed by atoms with van der Waals surface area (Å²) in [5.41, 5.74) is 0.575. The first-order valence-corrected chi connectivity index (χ1v) is 3.87. The molecule has 0 saturated carbocycles. The Morgan fingerprint density at radius 3 is 2.93 bits per heavy atom. The van der Waals surface area contributed by atoms with Gasteiger partial charge in [-0.15, -0.1) is 0 Å². The zero-order valence-corrected chi connectivity index (χ0v) is 7.34. The Balaban J connectivity index is 2.43. The van der Waals surface area contributed by atoms with Crippen molar-refractivity contribution in [2.75, 3.05) is 0 Å². The summed E-state index contributed by atoms with van der Waals surface area (Å²) in [6.45, 7) is 0. The molecular weight excluding hydrogens is 186 g/mol. The fourth-order valence-corrected chi connectivity index (χ4v) is 1.11. The van der Waals surface area contributed by atoms with E-state index in [1.807, 2.05) is 0 Å². The van der Waals surface area contributed by atoms with E-state index in [0.717, 1.165) is 0 Å². The van der Waals surface area contributed by atoms with Crippen molar-refractivity contribution in [3.8, 4) is 11.5 Å². The van der Waals surface area contributed by atoms with Crippen molar-refractivity contribution in [3.63, 3.8) is 0 Å². The molecule has 0 spiro atoms. The highest BCUT2D eigenvalue weighted by Gasteiger charge is 2.13. The average Bonchev–Trinajstić information content (AvgIpc) is 2.71. The van der Waals surface area contributed by atoms with Crippen LogP contribution in [0.1, 0.15) is 10.5 Å². The number of carboxylic acid groups (broad SMARTS) is 1. The molecule has 0 aromatic carbocycles. The molecule has 72 valence electrons. The van der Waals surface area contributed by atoms with Crippen molar-refractivity contribution < 1.29 is 14.4 Å². The molecule has 6 heteroatoms. The molecule has 0 bridgehead atoms. The van der Waals surface area contributed by atoms with Gasteiger partial charge in [0.1, 0.15) is 5.69 Å². The lowest BCUT2D eigenvalue weighted by Gasteiger charge is -1.93. The van der Waals surface area contributed by atoms with Gasteiger partial charge in [-0.3, -0.25) is 4.68 Å². The number of hydrogen-bond donors (Lipinski definition) is 1. The van der Waals surface area contributed by atoms with Crippen molar-refractivity contribution >= 4 is 5.97 Å². The van der Waals surface area contributed by atoms with Crippen LogP contribution in [0, 0.1) is 0 Å². The lowest BCUT2D eigenvalue weighted by molar-refractivity contribution is 0.0686. The predicted molar refractivity (Wildman–Crippen MR) is 45.7 cm³/mol. The van der Waals surface area contributed by atoms with Crippen LogP contribution in [0.2, 0.25) is 0 Å². The summed E-state index contributed by atoms with van der Waals surface area (Å²) in [5, 5.41) is 15.9. The predicted octanol–water partition coefficient (Wildman–Crippen LogP) is 0.773. The maximum absolute atomic E-state index is 10.5. The van der Waals surface area contributed by atoms with E-state index in [1.165, 1.54) is 6.07 Å². The zero-order chi connectivity index (χ0) is 10.1. The molecule has 2 aromatic heterocycles. The van der Waals surface area contributed by atoms with Crippen LogP contribution in [-0.2, 0) is 7.05 Å². The van der Waals surface area contributed by atoms with E-state index in [2.05, 4.69) is 10.3 Å². The van der Waals surface area contributed by atoms with Crippen LogP contribution >= 0.6 is 0 Å². The minimum atomic E-state index is -1.11. The highest BCUT2D eigenvalue weighted by molar-refractivity contribution is 5.86. The Bertz CT molecular complexity index is 472. The number of carboxylic acids is 1. The van der Waals surface area contributed by atoms with Crippen LogP contribution in [-0.4, -0.2) is 26.0 Å². The van der Waals surface area contributed by atoms with Gasteiger partial charge in [-0.05, 0) is 6.07 Å². The number of rotatable bonds is 2. The molecule has 0 atom stereocenters. The van der Waals surface area contributed by atoms with Gasteiger partial charge in [0.15, 0.2) is 11.5 Å². The highest BCUT2D eigenvalue weighted by atomic mass is 16.5. The third-order valence-electron chi connectivity index (χ3n) is 1.80. The average molecular weight is 193 g/mol. The first-order valence-electron chi connectivity index (χ1n) is 3.87. The normalized spacial score (nSPS) is 10.4. The summed E-state index contributed by atoms with van der Waals surface area (Å²) in [6.07, 6.45) is 1.60. The molecule has 2 aromatic rings. The molecule has 0 aliphatic carbocycles. The van der Waals surface area contributed by atoms with Gasteiger partial charge in [0.2, 0.25) is 0 Å². The second kappa shape index (κ2) is 2.99. The SMILES string of the molecule is Cn1nccc1-c1cc(C(=O)O)no1. The van der Waals surface area contributed by atoms with Crippen LogP contribution in [0.15, 0.2) is 22.9 Å². The molecule has 1 N–H and O–H groups in total. The lowest BCUT2D eigenvalue weighted by Crippen LogP contribution is -1.95. The van der Waals surface area contributed by atoms with E-state index >= 15 is 0 Å². The summed E-state index contributed by atoms with van der Waals surface area (Å²) in [4.78, 5) is 10.5. The first-order chi connectivity index (χ1) is 6.68. The number of carbonyl (C=O) groups is 1. The molecule has 0 fully saturated rings. The third-order valence-corrected chi connectivity index (χ3v) is 1.80. The van der Waals surface area contributed by atoms with Gasteiger partial charge in [-0.2, -0.15) is 5.10 Å². The van der Waals surface area contributed by atoms with Gasteiger partial charge < -0.3 is 9.63 Å². The van der Waals surface area contributed by atoms with Gasteiger partial charge in [0.25, 0.3) is 0 Å². The largest absolute Gasteiger partial charge is 0.476 e. The smallest absolute Gasteiger partial charge is 0.358 e. The van der Waals surface area contributed by atoms with Gasteiger partial charge in [0.05, 0.1) is 0 Å². The Morgan fingerprint density at radius 1 is 1.64 bits per heavy atom. The first kappa shape index (κ1) is 8.49. The quantitative estimate of drug-likeness (QED) is 0.761. The molecule has 0 aliphatic heterocycles. The van der Waals surface area contributed by atoms with E-state index in [-0.39, 0.29) is 5.69 Å². The fraction of sp³-hybridized carbons (Fsp3) is 0.125. The number of hydrogen-bond acceptors (Lipinski definition) is 4. The Kier molecular flexibility index (Phi) is 1.81. The van der Waals surface area contributed by atoms with Gasteiger partial charge >= 0.3 is 5.97 Å². The van der Waals surface area contributed by atoms with Crippen LogP contribution < -0.4 is 0 Å². The Labute approximate surface area is 78.7 Å². The molecule has 2 heterocycles. The van der Waals surface area contributed by atoms with Crippen LogP contribution in [0.25, 0.3) is 11.5 Å². The van der Waals surface area contributed by atoms with Gasteiger partial charge in [-0.1, -0.05) is 5.16 Å². The summed E-state index contributed by atoms with van der Waals surface area (Å²) < 4.78 is 6.44. The van der Waals surface area contributed by atoms with Crippen molar-refractivity contribution in [2.45, 2.75) is 0 Å². The fourth-order valence-electron chi connectivity index (χ4n) is 1.11. The second-order valence-electron chi connectivity index (χ2n) is 2.72. The standard InChI is InChI=1S/C8H7N3O3/c1-11-6(2-3-9-11)7-4-5(8(12)13)10-14-7/h2-4H,1H3,(H,12,13). The lowest BCUT2D eigenvalue weighted by atomic mass is 10.3. The van der Waals surface area contributed by atoms with Gasteiger partial charge in [-0.25, -0.2) is 4.79 Å². The monoisotopic (exact) mass is 193 g/mol. The van der Waals surface area contributed by atoms with Gasteiger partial charge in [0, 0.05) is 19.3 Å². The molecule has 0 radical (unpaired) electrons. The van der Waals surface area contributed by atoms with E-state index in [0.29, 0.717) is 11.5 Å². The number of nitrogens with zero attached hydrogens (tertiary/aromatic N) is 3. The van der Waals surface area contributed by atoms with Crippen LogP contribution in [0.4, 0.5) is 0 Å². The summed E-state index contributed by atoms with van der Waals surface area (Å²) in [7, 11) is 1.73. The van der Waals surface area contributed by atoms with E-state index in [9.17, 15) is 4.79 Å². The molecule has 2 rings (SSSR count). The van der Waals surface area contributed by atoms with E-state index < -0.39 is 5.97 Å². The van der Waals surface area contributed by atoms with Crippen molar-refractivity contribution in [3.05, 3.63) is 24.0 Å². The molecule has 0 aliphatic rings. The second-order valence-corrected chi connectivity index (χ2v) is 2.72. The zero-order valence-electron chi connectivity index (χ0n) is 7.34. The van der Waals surface area contributed by atoms with E-state index in [4.69, 9.17) is 9.63 Å². The summed E-state index contributed by atoms with van der Waals surface area (Å²) in [6, 6.07) is 3.07. The van der Waals surface area contributed by atoms with Crippen LogP contribution in [0.5, 0.6) is 0 Å². The summed E-state index contributed by atoms with van der Waals surface area (Å²) >= 11 is 0. The summed E-state index contributed by atoms with van der Waals surface area (Å²) in [5.74, 6) is -0.718. The van der Waals surface area contributed by atoms with E-state index in [1.54, 1.807) is 24.0 Å². The van der Waals surface area contributed by atoms with Crippen molar-refractivity contribution in [1.82, 2.24) is 14.9 Å². The molecular formula is C8H7N3O3. The Morgan fingerprint density at radius 2 is 2.43 bits per heavy atom. The number of aromatic nitrogens is 3. The van der Waals surface area contributed by atoms with Crippen molar-refractivity contribution in [1.29, 1.82) is 0 Å². The minimum Gasteiger partial charge on any atom is -0.476 e. The molecule has 6 nitrogen and oxygen atoms in total. The topological polar surface area (TPSA) is 81.2 Å². The minimum absolute atomic E-state index is 0.110. The molecule has 0 unspecified atom stereocenters. The molecule has 0 amide bonds. The van der Waals surface area contributed by atoms with Crippen molar-refractivity contribution in [2.24, 2.45) is 7.05 Å². The maximum atomic E-state index is 10.5. The third kappa shape index (κ3) is 1.26. The highest BCUT2D eigenvalue weighted by Crippen LogP contribution is 2.18. The Hall–Kier alpha value is -2.11. The molecule has 0 saturated heterocycles.